The average molecular weight is 530 g/mol. The lowest BCUT2D eigenvalue weighted by Gasteiger charge is -2.24. The molecule has 192 valence electrons. The summed E-state index contributed by atoms with van der Waals surface area (Å²) in [6.07, 6.45) is 1.46. The Bertz CT molecular complexity index is 1730. The molecule has 0 aliphatic carbocycles. The monoisotopic (exact) mass is 529 g/mol. The molecule has 1 aromatic heterocycles. The molecular weight excluding hydrogens is 506 g/mol. The van der Waals surface area contributed by atoms with Crippen molar-refractivity contribution in [3.63, 3.8) is 0 Å². The highest BCUT2D eigenvalue weighted by Gasteiger charge is 2.38. The van der Waals surface area contributed by atoms with Gasteiger partial charge in [-0.25, -0.2) is 14.7 Å². The van der Waals surface area contributed by atoms with Gasteiger partial charge in [-0.15, -0.1) is 0 Å². The quantitative estimate of drug-likeness (QED) is 0.371. The van der Waals surface area contributed by atoms with Crippen molar-refractivity contribution in [3.8, 4) is 5.75 Å². The second-order valence-corrected chi connectivity index (χ2v) is 9.59. The van der Waals surface area contributed by atoms with Crippen LogP contribution in [0.15, 0.2) is 82.2 Å². The minimum absolute atomic E-state index is 0.00825. The lowest BCUT2D eigenvalue weighted by atomic mass is 9.96. The van der Waals surface area contributed by atoms with Crippen LogP contribution in [0.1, 0.15) is 31.0 Å². The maximum Gasteiger partial charge on any atom is 0.338 e. The summed E-state index contributed by atoms with van der Waals surface area (Å²) < 4.78 is 12.2. The molecule has 2 aromatic carbocycles. The summed E-state index contributed by atoms with van der Waals surface area (Å²) in [5.41, 5.74) is 1.75. The van der Waals surface area contributed by atoms with Gasteiger partial charge in [0, 0.05) is 12.5 Å². The average Bonchev–Trinajstić information content (AvgIpc) is 3.38. The largest absolute Gasteiger partial charge is 0.497 e. The van der Waals surface area contributed by atoms with Crippen LogP contribution in [0.5, 0.6) is 5.75 Å². The van der Waals surface area contributed by atoms with Gasteiger partial charge in [-0.3, -0.25) is 19.0 Å². The van der Waals surface area contributed by atoms with Crippen LogP contribution in [0.3, 0.4) is 0 Å². The van der Waals surface area contributed by atoms with Gasteiger partial charge in [0.2, 0.25) is 5.91 Å². The number of hydrogen-bond acceptors (Lipinski definition) is 8. The van der Waals surface area contributed by atoms with Crippen molar-refractivity contribution >= 4 is 40.4 Å². The van der Waals surface area contributed by atoms with E-state index in [1.165, 1.54) is 17.6 Å². The second-order valence-electron chi connectivity index (χ2n) is 8.61. The highest BCUT2D eigenvalue weighted by atomic mass is 32.1. The highest BCUT2D eigenvalue weighted by Crippen LogP contribution is 2.36. The summed E-state index contributed by atoms with van der Waals surface area (Å²) in [5.74, 6) is -1.05. The van der Waals surface area contributed by atoms with E-state index in [-0.39, 0.29) is 22.3 Å². The number of nitrogens with zero attached hydrogens (tertiary/aromatic N) is 3. The molecule has 0 saturated carbocycles. The summed E-state index contributed by atoms with van der Waals surface area (Å²) in [7, 11) is 1.54. The van der Waals surface area contributed by atoms with Crippen molar-refractivity contribution < 1.29 is 23.9 Å². The fourth-order valence-corrected chi connectivity index (χ4v) is 5.83. The Hall–Kier alpha value is -4.57. The molecule has 9 nitrogen and oxygen atoms in total. The Labute approximate surface area is 221 Å². The van der Waals surface area contributed by atoms with E-state index >= 15 is 0 Å². The van der Waals surface area contributed by atoms with Crippen molar-refractivity contribution in [2.75, 3.05) is 18.6 Å². The van der Waals surface area contributed by atoms with Crippen LogP contribution in [0.4, 0.5) is 5.69 Å². The number of amides is 2. The third-order valence-corrected chi connectivity index (χ3v) is 7.41. The van der Waals surface area contributed by atoms with Gasteiger partial charge in [0.25, 0.3) is 11.5 Å². The molecule has 0 saturated heterocycles. The minimum Gasteiger partial charge on any atom is -0.497 e. The number of imide groups is 1. The standard InChI is InChI=1S/C28H23N3O6S/c1-5-14-37-27(35)21-15(2)29-28-31(23(21)17-10-12-18(36-4)13-11-17)26(34)24(38-28)22-19-8-6-7-9-20(19)30(16(3)32)25(22)33/h5-13,23H,1,14H2,2-4H3/b24-22-/t23-/m0/s1. The van der Waals surface area contributed by atoms with E-state index in [1.54, 1.807) is 62.6 Å². The Morgan fingerprint density at radius 3 is 2.50 bits per heavy atom. The number of carbonyl (C=O) groups is 3. The molecule has 0 spiro atoms. The normalized spacial score (nSPS) is 17.5. The Balaban J connectivity index is 1.80. The molecule has 3 heterocycles. The SMILES string of the molecule is C=CCOC(=O)C1=C(C)N=c2s/c(=C3\C(=O)N(C(C)=O)c4ccccc43)c(=O)n2[C@H]1c1ccc(OC)cc1. The summed E-state index contributed by atoms with van der Waals surface area (Å²) in [5, 5.41) is 0. The first kappa shape index (κ1) is 25.1. The van der Waals surface area contributed by atoms with E-state index in [4.69, 9.17) is 9.47 Å². The van der Waals surface area contributed by atoms with Crippen LogP contribution in [-0.2, 0) is 19.1 Å². The molecule has 38 heavy (non-hydrogen) atoms. The first-order valence-electron chi connectivity index (χ1n) is 11.7. The van der Waals surface area contributed by atoms with Crippen LogP contribution < -0.4 is 24.5 Å². The molecule has 1 atom stereocenters. The molecule has 2 aliphatic heterocycles. The van der Waals surface area contributed by atoms with Crippen molar-refractivity contribution in [3.05, 3.63) is 103 Å². The number of carbonyl (C=O) groups excluding carboxylic acids is 3. The maximum atomic E-state index is 14.0. The summed E-state index contributed by atoms with van der Waals surface area (Å²) >= 11 is 1.04. The Morgan fingerprint density at radius 1 is 1.13 bits per heavy atom. The number of methoxy groups -OCH3 is 1. The topological polar surface area (TPSA) is 107 Å². The van der Waals surface area contributed by atoms with E-state index < -0.39 is 29.4 Å². The van der Waals surface area contributed by atoms with Gasteiger partial charge < -0.3 is 9.47 Å². The number of benzene rings is 2. The van der Waals surface area contributed by atoms with Gasteiger partial charge in [0.15, 0.2) is 4.80 Å². The maximum absolute atomic E-state index is 14.0. The van der Waals surface area contributed by atoms with Crippen LogP contribution in [0.25, 0.3) is 5.57 Å². The van der Waals surface area contributed by atoms with E-state index in [9.17, 15) is 19.2 Å². The molecule has 10 heteroatoms. The molecular formula is C28H23N3O6S. The van der Waals surface area contributed by atoms with Gasteiger partial charge in [0.1, 0.15) is 16.9 Å². The number of aromatic nitrogens is 1. The lowest BCUT2D eigenvalue weighted by Crippen LogP contribution is -2.41. The number of allylic oxidation sites excluding steroid dienone is 1. The fraction of sp³-hybridized carbons (Fsp3) is 0.179. The minimum atomic E-state index is -0.862. The number of hydrogen-bond donors (Lipinski definition) is 0. The zero-order valence-corrected chi connectivity index (χ0v) is 21.7. The van der Waals surface area contributed by atoms with Crippen molar-refractivity contribution in [1.82, 2.24) is 4.57 Å². The first-order chi connectivity index (χ1) is 18.3. The third-order valence-electron chi connectivity index (χ3n) is 6.35. The predicted octanol–water partition coefficient (Wildman–Crippen LogP) is 2.24. The van der Waals surface area contributed by atoms with Crippen molar-refractivity contribution in [2.45, 2.75) is 19.9 Å². The molecule has 0 bridgehead atoms. The number of thiazole rings is 1. The van der Waals surface area contributed by atoms with Crippen LogP contribution in [0.2, 0.25) is 0 Å². The molecule has 2 amide bonds. The molecule has 0 N–H and O–H groups in total. The fourth-order valence-electron chi connectivity index (χ4n) is 4.70. The summed E-state index contributed by atoms with van der Waals surface area (Å²) in [6, 6.07) is 13.0. The molecule has 0 unspecified atom stereocenters. The molecule has 5 rings (SSSR count). The van der Waals surface area contributed by atoms with Crippen molar-refractivity contribution in [1.29, 1.82) is 0 Å². The number of ether oxygens (including phenoxy) is 2. The van der Waals surface area contributed by atoms with Crippen LogP contribution in [-0.4, -0.2) is 36.1 Å². The Morgan fingerprint density at radius 2 is 1.84 bits per heavy atom. The van der Waals surface area contributed by atoms with Gasteiger partial charge in [-0.1, -0.05) is 54.3 Å². The molecule has 2 aliphatic rings. The van der Waals surface area contributed by atoms with E-state index in [2.05, 4.69) is 11.6 Å². The zero-order chi connectivity index (χ0) is 27.1. The number of rotatable bonds is 5. The molecule has 0 radical (unpaired) electrons. The van der Waals surface area contributed by atoms with Gasteiger partial charge in [-0.2, -0.15) is 0 Å². The smallest absolute Gasteiger partial charge is 0.338 e. The molecule has 0 fully saturated rings. The second kappa shape index (κ2) is 9.71. The third kappa shape index (κ3) is 3.90. The number of esters is 1. The summed E-state index contributed by atoms with van der Waals surface area (Å²) in [4.78, 5) is 58.9. The first-order valence-corrected chi connectivity index (χ1v) is 12.5. The number of para-hydroxylation sites is 1. The number of fused-ring (bicyclic) bond motifs is 2. The zero-order valence-electron chi connectivity index (χ0n) is 20.9. The van der Waals surface area contributed by atoms with Crippen LogP contribution >= 0.6 is 11.3 Å². The van der Waals surface area contributed by atoms with Gasteiger partial charge in [-0.05, 0) is 30.7 Å². The van der Waals surface area contributed by atoms with Gasteiger partial charge >= 0.3 is 5.97 Å². The Kier molecular flexibility index (Phi) is 6.41. The van der Waals surface area contributed by atoms with E-state index in [1.807, 2.05) is 0 Å². The van der Waals surface area contributed by atoms with Crippen molar-refractivity contribution in [2.24, 2.45) is 4.99 Å². The summed E-state index contributed by atoms with van der Waals surface area (Å²) in [6.45, 7) is 6.55. The van der Waals surface area contributed by atoms with E-state index in [0.29, 0.717) is 33.1 Å². The lowest BCUT2D eigenvalue weighted by molar-refractivity contribution is -0.138. The van der Waals surface area contributed by atoms with Gasteiger partial charge in [0.05, 0.1) is 35.7 Å². The van der Waals surface area contributed by atoms with E-state index in [0.717, 1.165) is 16.2 Å². The van der Waals surface area contributed by atoms with Crippen LogP contribution in [0, 0.1) is 0 Å². The predicted molar refractivity (Wildman–Crippen MR) is 141 cm³/mol. The number of anilines is 1. The highest BCUT2D eigenvalue weighted by molar-refractivity contribution is 7.07. The molecule has 3 aromatic rings.